The summed E-state index contributed by atoms with van der Waals surface area (Å²) in [5, 5.41) is 13.7. The average Bonchev–Trinajstić information content (AvgIpc) is 3.11. The van der Waals surface area contributed by atoms with E-state index in [9.17, 15) is 0 Å². The van der Waals surface area contributed by atoms with Crippen molar-refractivity contribution in [3.05, 3.63) is 39.3 Å². The number of nitrogens with one attached hydrogen (secondary N) is 1. The van der Waals surface area contributed by atoms with Crippen molar-refractivity contribution >= 4 is 35.0 Å². The van der Waals surface area contributed by atoms with Gasteiger partial charge < -0.3 is 15.9 Å². The molecule has 0 amide bonds. The van der Waals surface area contributed by atoms with Gasteiger partial charge in [0.2, 0.25) is 0 Å². The van der Waals surface area contributed by atoms with E-state index in [-0.39, 0.29) is 0 Å². The molecule has 1 aromatic heterocycles. The number of nitrogens with two attached hydrogens (primary N) is 1. The summed E-state index contributed by atoms with van der Waals surface area (Å²) < 4.78 is 5.79. The summed E-state index contributed by atoms with van der Waals surface area (Å²) in [6.07, 6.45) is 3.54. The molecule has 2 heterocycles. The molecule has 1 aliphatic rings. The van der Waals surface area contributed by atoms with Crippen LogP contribution in [0.25, 0.3) is 0 Å². The summed E-state index contributed by atoms with van der Waals surface area (Å²) in [4.78, 5) is 8.76. The number of aromatic nitrogens is 1. The minimum Gasteiger partial charge on any atom is -0.486 e. The summed E-state index contributed by atoms with van der Waals surface area (Å²) in [6, 6.07) is 5.25. The molecule has 2 aromatic rings. The Morgan fingerprint density at radius 3 is 3.00 bits per heavy atom. The number of rotatable bonds is 6. The van der Waals surface area contributed by atoms with Crippen molar-refractivity contribution in [3.8, 4) is 5.75 Å². The Kier molecular flexibility index (Phi) is 6.32. The molecule has 9 heteroatoms. The highest BCUT2D eigenvalue weighted by Crippen LogP contribution is 2.31. The standard InChI is InChI=1S/C16H19ClN6OS/c17-14-7-12(20-10-21-23-18)1-2-15(14)24-8-13-9-25-16(22-13)11-3-5-19-6-4-11/h1-2,7,9-11,19H,3-6,8H2,(H2,18,20,21). The van der Waals surface area contributed by atoms with Gasteiger partial charge in [-0.15, -0.1) is 16.5 Å². The number of thiazole rings is 1. The molecule has 25 heavy (non-hydrogen) atoms. The van der Waals surface area contributed by atoms with E-state index in [1.165, 1.54) is 11.3 Å². The maximum Gasteiger partial charge on any atom is 0.140 e. The minimum absolute atomic E-state index is 0.394. The van der Waals surface area contributed by atoms with Crippen LogP contribution in [0, 0.1) is 0 Å². The molecular weight excluding hydrogens is 360 g/mol. The molecule has 0 radical (unpaired) electrons. The third kappa shape index (κ3) is 4.97. The Bertz CT molecular complexity index is 757. The van der Waals surface area contributed by atoms with Gasteiger partial charge in [0.15, 0.2) is 0 Å². The molecule has 0 saturated carbocycles. The van der Waals surface area contributed by atoms with Crippen LogP contribution in [0.5, 0.6) is 5.75 Å². The van der Waals surface area contributed by atoms with Crippen LogP contribution in [-0.2, 0) is 6.61 Å². The van der Waals surface area contributed by atoms with Crippen LogP contribution in [0.15, 0.2) is 38.9 Å². The lowest BCUT2D eigenvalue weighted by molar-refractivity contribution is 0.301. The number of hydrogen-bond donors (Lipinski definition) is 2. The molecule has 1 saturated heterocycles. The largest absolute Gasteiger partial charge is 0.486 e. The zero-order valence-electron chi connectivity index (χ0n) is 13.6. The van der Waals surface area contributed by atoms with Gasteiger partial charge in [-0.05, 0) is 44.1 Å². The zero-order chi connectivity index (χ0) is 17.5. The van der Waals surface area contributed by atoms with E-state index >= 15 is 0 Å². The van der Waals surface area contributed by atoms with E-state index in [4.69, 9.17) is 27.2 Å². The number of nitrogens with zero attached hydrogens (tertiary/aromatic N) is 4. The number of benzene rings is 1. The Labute approximate surface area is 155 Å². The first kappa shape index (κ1) is 17.8. The van der Waals surface area contributed by atoms with Crippen LogP contribution in [0.1, 0.15) is 29.5 Å². The number of piperidine rings is 1. The topological polar surface area (TPSA) is 97.2 Å². The SMILES string of the molecule is NN=NC=Nc1ccc(OCc2csc(C3CCNCC3)n2)c(Cl)c1. The molecular formula is C16H19ClN6OS. The Hall–Kier alpha value is -2.03. The lowest BCUT2D eigenvalue weighted by Crippen LogP contribution is -2.26. The van der Waals surface area contributed by atoms with E-state index in [0.29, 0.717) is 29.0 Å². The molecule has 1 aliphatic heterocycles. The minimum atomic E-state index is 0.394. The Morgan fingerprint density at radius 2 is 2.24 bits per heavy atom. The summed E-state index contributed by atoms with van der Waals surface area (Å²) in [6.45, 7) is 2.52. The quantitative estimate of drug-likeness (QED) is 0.262. The Morgan fingerprint density at radius 1 is 1.40 bits per heavy atom. The number of ether oxygens (including phenoxy) is 1. The van der Waals surface area contributed by atoms with Crippen LogP contribution >= 0.6 is 22.9 Å². The fraction of sp³-hybridized carbons (Fsp3) is 0.375. The zero-order valence-corrected chi connectivity index (χ0v) is 15.1. The van der Waals surface area contributed by atoms with Gasteiger partial charge in [0.05, 0.1) is 21.4 Å². The third-order valence-corrected chi connectivity index (χ3v) is 5.23. The summed E-state index contributed by atoms with van der Waals surface area (Å²) >= 11 is 7.94. The third-order valence-electron chi connectivity index (χ3n) is 3.87. The van der Waals surface area contributed by atoms with Gasteiger partial charge in [-0.25, -0.2) is 9.98 Å². The Balaban J connectivity index is 1.59. The predicted molar refractivity (Wildman–Crippen MR) is 99.9 cm³/mol. The fourth-order valence-electron chi connectivity index (χ4n) is 2.61. The first-order valence-corrected chi connectivity index (χ1v) is 9.22. The molecule has 0 spiro atoms. The second kappa shape index (κ2) is 8.89. The maximum atomic E-state index is 6.23. The second-order valence-corrected chi connectivity index (χ2v) is 6.88. The second-order valence-electron chi connectivity index (χ2n) is 5.58. The lowest BCUT2D eigenvalue weighted by Gasteiger charge is -2.20. The van der Waals surface area contributed by atoms with Gasteiger partial charge in [0.1, 0.15) is 18.7 Å². The smallest absolute Gasteiger partial charge is 0.140 e. The van der Waals surface area contributed by atoms with E-state index in [2.05, 4.69) is 26.0 Å². The molecule has 0 aliphatic carbocycles. The van der Waals surface area contributed by atoms with Crippen molar-refractivity contribution in [3.63, 3.8) is 0 Å². The van der Waals surface area contributed by atoms with Crippen LogP contribution in [0.4, 0.5) is 5.69 Å². The molecule has 3 N–H and O–H groups in total. The molecule has 1 fully saturated rings. The first-order valence-electron chi connectivity index (χ1n) is 7.96. The van der Waals surface area contributed by atoms with Crippen molar-refractivity contribution in [1.82, 2.24) is 10.3 Å². The average molecular weight is 379 g/mol. The summed E-state index contributed by atoms with van der Waals surface area (Å²) in [5.41, 5.74) is 1.58. The van der Waals surface area contributed by atoms with Gasteiger partial charge in [-0.3, -0.25) is 0 Å². The van der Waals surface area contributed by atoms with Crippen molar-refractivity contribution < 1.29 is 4.74 Å². The molecule has 0 atom stereocenters. The highest BCUT2D eigenvalue weighted by molar-refractivity contribution is 7.09. The van der Waals surface area contributed by atoms with Gasteiger partial charge >= 0.3 is 0 Å². The molecule has 1 aromatic carbocycles. The van der Waals surface area contributed by atoms with Crippen LogP contribution < -0.4 is 15.9 Å². The predicted octanol–water partition coefficient (Wildman–Crippen LogP) is 3.83. The maximum absolute atomic E-state index is 6.23. The molecule has 7 nitrogen and oxygen atoms in total. The fourth-order valence-corrected chi connectivity index (χ4v) is 3.81. The summed E-state index contributed by atoms with van der Waals surface area (Å²) in [7, 11) is 0. The van der Waals surface area contributed by atoms with Crippen molar-refractivity contribution in [2.75, 3.05) is 13.1 Å². The van der Waals surface area contributed by atoms with Gasteiger partial charge in [-0.2, -0.15) is 0 Å². The van der Waals surface area contributed by atoms with Gasteiger partial charge in [-0.1, -0.05) is 16.8 Å². The van der Waals surface area contributed by atoms with Crippen LogP contribution in [0.3, 0.4) is 0 Å². The highest BCUT2D eigenvalue weighted by atomic mass is 35.5. The number of hydrogen-bond acceptors (Lipinski definition) is 6. The monoisotopic (exact) mass is 378 g/mol. The van der Waals surface area contributed by atoms with E-state index < -0.39 is 0 Å². The van der Waals surface area contributed by atoms with Gasteiger partial charge in [0.25, 0.3) is 0 Å². The number of aliphatic imine (C=N–C) groups is 1. The number of halogens is 1. The van der Waals surface area contributed by atoms with E-state index in [0.717, 1.165) is 31.6 Å². The van der Waals surface area contributed by atoms with Crippen molar-refractivity contribution in [2.24, 2.45) is 21.2 Å². The lowest BCUT2D eigenvalue weighted by atomic mass is 9.99. The highest BCUT2D eigenvalue weighted by Gasteiger charge is 2.18. The van der Waals surface area contributed by atoms with Crippen LogP contribution in [-0.4, -0.2) is 24.4 Å². The summed E-state index contributed by atoms with van der Waals surface area (Å²) in [5.74, 6) is 6.06. The van der Waals surface area contributed by atoms with Crippen molar-refractivity contribution in [2.45, 2.75) is 25.4 Å². The normalized spacial score (nSPS) is 16.0. The molecule has 0 unspecified atom stereocenters. The van der Waals surface area contributed by atoms with E-state index in [1.54, 1.807) is 29.5 Å². The van der Waals surface area contributed by atoms with Gasteiger partial charge in [0, 0.05) is 11.3 Å². The van der Waals surface area contributed by atoms with E-state index in [1.807, 2.05) is 0 Å². The van der Waals surface area contributed by atoms with Crippen molar-refractivity contribution in [1.29, 1.82) is 0 Å². The molecule has 3 rings (SSSR count). The van der Waals surface area contributed by atoms with Crippen LogP contribution in [0.2, 0.25) is 5.02 Å². The first-order chi connectivity index (χ1) is 12.3. The molecule has 132 valence electrons. The molecule has 0 bridgehead atoms.